The lowest BCUT2D eigenvalue weighted by molar-refractivity contribution is 0.322. The van der Waals surface area contributed by atoms with Gasteiger partial charge in [-0.2, -0.15) is 5.10 Å². The van der Waals surface area contributed by atoms with Crippen LogP contribution in [0, 0.1) is 0 Å². The number of rotatable bonds is 5. The number of aryl methyl sites for hydroxylation is 1. The number of likely N-dealkylation sites (tertiary alicyclic amines) is 1. The second kappa shape index (κ2) is 6.99. The molecule has 2 rings (SSSR count). The van der Waals surface area contributed by atoms with Crippen LogP contribution in [0.4, 0.5) is 0 Å². The van der Waals surface area contributed by atoms with E-state index in [-0.39, 0.29) is 12.4 Å². The van der Waals surface area contributed by atoms with Crippen LogP contribution in [0.3, 0.4) is 0 Å². The zero-order valence-electron chi connectivity index (χ0n) is 10.7. The third-order valence-corrected chi connectivity index (χ3v) is 3.23. The van der Waals surface area contributed by atoms with Crippen LogP contribution in [0.15, 0.2) is 12.4 Å². The first-order valence-corrected chi connectivity index (χ1v) is 6.22. The predicted molar refractivity (Wildman–Crippen MR) is 72.5 cm³/mol. The molecule has 0 amide bonds. The summed E-state index contributed by atoms with van der Waals surface area (Å²) in [4.78, 5) is 2.49. The molecule has 1 N–H and O–H groups in total. The molecule has 1 atom stereocenters. The van der Waals surface area contributed by atoms with Crippen molar-refractivity contribution in [2.45, 2.75) is 38.9 Å². The first kappa shape index (κ1) is 14.5. The summed E-state index contributed by atoms with van der Waals surface area (Å²) in [6.45, 7) is 6.61. The van der Waals surface area contributed by atoms with E-state index in [1.807, 2.05) is 17.9 Å². The number of aromatic nitrogens is 2. The molecule has 98 valence electrons. The van der Waals surface area contributed by atoms with Gasteiger partial charge in [0.05, 0.1) is 6.20 Å². The second-order valence-electron chi connectivity index (χ2n) is 4.62. The number of hydrogen-bond donors (Lipinski definition) is 1. The van der Waals surface area contributed by atoms with Crippen molar-refractivity contribution in [2.24, 2.45) is 0 Å². The van der Waals surface area contributed by atoms with Gasteiger partial charge < -0.3 is 5.32 Å². The molecule has 1 fully saturated rings. The van der Waals surface area contributed by atoms with Crippen LogP contribution >= 0.6 is 12.4 Å². The molecule has 4 nitrogen and oxygen atoms in total. The highest BCUT2D eigenvalue weighted by atomic mass is 35.5. The van der Waals surface area contributed by atoms with E-state index in [0.717, 1.165) is 26.1 Å². The summed E-state index contributed by atoms with van der Waals surface area (Å²) in [5.74, 6) is 0. The van der Waals surface area contributed by atoms with E-state index in [4.69, 9.17) is 0 Å². The predicted octanol–water partition coefficient (Wildman–Crippen LogP) is 1.51. The third-order valence-electron chi connectivity index (χ3n) is 3.23. The van der Waals surface area contributed by atoms with Gasteiger partial charge in [-0.05, 0) is 19.9 Å². The average Bonchev–Trinajstić information content (AvgIpc) is 2.89. The van der Waals surface area contributed by atoms with Gasteiger partial charge in [0.25, 0.3) is 0 Å². The average molecular weight is 259 g/mol. The Bertz CT molecular complexity index is 326. The van der Waals surface area contributed by atoms with E-state index in [2.05, 4.69) is 28.4 Å². The van der Waals surface area contributed by atoms with Crippen molar-refractivity contribution in [3.8, 4) is 0 Å². The zero-order chi connectivity index (χ0) is 11.4. The van der Waals surface area contributed by atoms with Crippen molar-refractivity contribution in [2.75, 3.05) is 20.1 Å². The lowest BCUT2D eigenvalue weighted by atomic mass is 10.3. The monoisotopic (exact) mass is 258 g/mol. The molecule has 0 aliphatic carbocycles. The van der Waals surface area contributed by atoms with Gasteiger partial charge in [-0.1, -0.05) is 6.92 Å². The van der Waals surface area contributed by atoms with Crippen molar-refractivity contribution >= 4 is 12.4 Å². The topological polar surface area (TPSA) is 33.1 Å². The first-order valence-electron chi connectivity index (χ1n) is 6.22. The maximum atomic E-state index is 4.36. The second-order valence-corrected chi connectivity index (χ2v) is 4.62. The smallest absolute Gasteiger partial charge is 0.0534 e. The Hall–Kier alpha value is -0.580. The maximum Gasteiger partial charge on any atom is 0.0534 e. The Labute approximate surface area is 110 Å². The van der Waals surface area contributed by atoms with Crippen LogP contribution in [-0.2, 0) is 13.1 Å². The molecule has 17 heavy (non-hydrogen) atoms. The number of nitrogens with zero attached hydrogens (tertiary/aromatic N) is 3. The summed E-state index contributed by atoms with van der Waals surface area (Å²) < 4.78 is 2.04. The van der Waals surface area contributed by atoms with E-state index in [0.29, 0.717) is 6.04 Å². The number of nitrogens with one attached hydrogen (secondary N) is 1. The minimum absolute atomic E-state index is 0. The number of hydrogen-bond acceptors (Lipinski definition) is 3. The molecule has 0 radical (unpaired) electrons. The molecule has 1 unspecified atom stereocenters. The van der Waals surface area contributed by atoms with Gasteiger partial charge in [0.15, 0.2) is 0 Å². The van der Waals surface area contributed by atoms with Gasteiger partial charge in [0.1, 0.15) is 0 Å². The van der Waals surface area contributed by atoms with Crippen molar-refractivity contribution in [3.63, 3.8) is 0 Å². The first-order chi connectivity index (χ1) is 7.81. The molecular formula is C12H23ClN4. The summed E-state index contributed by atoms with van der Waals surface area (Å²) in [5.41, 5.74) is 1.34. The Kier molecular flexibility index (Phi) is 5.95. The molecule has 0 aromatic carbocycles. The standard InChI is InChI=1S/C12H22N4.ClH/c1-3-5-16-9-11(7-14-16)8-15-6-4-12(10-15)13-2;/h7,9,12-13H,3-6,8,10H2,1-2H3;1H. The fraction of sp³-hybridized carbons (Fsp3) is 0.750. The zero-order valence-corrected chi connectivity index (χ0v) is 11.5. The molecule has 2 heterocycles. The Morgan fingerprint density at radius 3 is 3.00 bits per heavy atom. The number of halogens is 1. The molecule has 0 saturated carbocycles. The molecule has 0 spiro atoms. The van der Waals surface area contributed by atoms with Crippen molar-refractivity contribution in [1.29, 1.82) is 0 Å². The lowest BCUT2D eigenvalue weighted by Gasteiger charge is -2.14. The third kappa shape index (κ3) is 3.98. The van der Waals surface area contributed by atoms with Crippen LogP contribution < -0.4 is 5.32 Å². The Morgan fingerprint density at radius 2 is 2.35 bits per heavy atom. The van der Waals surface area contributed by atoms with Gasteiger partial charge in [-0.15, -0.1) is 12.4 Å². The Balaban J connectivity index is 0.00000144. The number of likely N-dealkylation sites (N-methyl/N-ethyl adjacent to an activating group) is 1. The van der Waals surface area contributed by atoms with E-state index in [1.165, 1.54) is 18.5 Å². The highest BCUT2D eigenvalue weighted by Gasteiger charge is 2.20. The molecule has 1 saturated heterocycles. The van der Waals surface area contributed by atoms with E-state index < -0.39 is 0 Å². The quantitative estimate of drug-likeness (QED) is 0.869. The molecule has 0 bridgehead atoms. The highest BCUT2D eigenvalue weighted by Crippen LogP contribution is 2.12. The minimum Gasteiger partial charge on any atom is -0.316 e. The summed E-state index contributed by atoms with van der Waals surface area (Å²) in [6, 6.07) is 0.672. The molecule has 1 aromatic rings. The van der Waals surface area contributed by atoms with E-state index in [9.17, 15) is 0 Å². The van der Waals surface area contributed by atoms with Gasteiger partial charge in [0.2, 0.25) is 0 Å². The summed E-state index contributed by atoms with van der Waals surface area (Å²) >= 11 is 0. The van der Waals surface area contributed by atoms with Crippen LogP contribution in [0.25, 0.3) is 0 Å². The van der Waals surface area contributed by atoms with Crippen molar-refractivity contribution in [3.05, 3.63) is 18.0 Å². The van der Waals surface area contributed by atoms with Gasteiger partial charge in [0, 0.05) is 44.0 Å². The molecule has 1 aliphatic heterocycles. The molecule has 1 aliphatic rings. The summed E-state index contributed by atoms with van der Waals surface area (Å²) in [6.07, 6.45) is 6.59. The highest BCUT2D eigenvalue weighted by molar-refractivity contribution is 5.85. The minimum atomic E-state index is 0. The van der Waals surface area contributed by atoms with Crippen LogP contribution in [0.1, 0.15) is 25.3 Å². The fourth-order valence-electron chi connectivity index (χ4n) is 2.31. The van der Waals surface area contributed by atoms with Gasteiger partial charge in [-0.3, -0.25) is 9.58 Å². The van der Waals surface area contributed by atoms with Crippen LogP contribution in [-0.4, -0.2) is 40.9 Å². The SMILES string of the molecule is CCCn1cc(CN2CCC(NC)C2)cn1.Cl. The summed E-state index contributed by atoms with van der Waals surface area (Å²) in [7, 11) is 2.05. The van der Waals surface area contributed by atoms with Crippen LogP contribution in [0.2, 0.25) is 0 Å². The Morgan fingerprint density at radius 1 is 1.53 bits per heavy atom. The summed E-state index contributed by atoms with van der Waals surface area (Å²) in [5, 5.41) is 7.70. The van der Waals surface area contributed by atoms with E-state index >= 15 is 0 Å². The van der Waals surface area contributed by atoms with Crippen molar-refractivity contribution < 1.29 is 0 Å². The molecule has 5 heteroatoms. The lowest BCUT2D eigenvalue weighted by Crippen LogP contribution is -2.29. The molecular weight excluding hydrogens is 236 g/mol. The maximum absolute atomic E-state index is 4.36. The normalized spacial score (nSPS) is 20.5. The van der Waals surface area contributed by atoms with Crippen molar-refractivity contribution in [1.82, 2.24) is 20.0 Å². The van der Waals surface area contributed by atoms with Crippen LogP contribution in [0.5, 0.6) is 0 Å². The fourth-order valence-corrected chi connectivity index (χ4v) is 2.31. The van der Waals surface area contributed by atoms with Gasteiger partial charge >= 0.3 is 0 Å². The van der Waals surface area contributed by atoms with E-state index in [1.54, 1.807) is 0 Å². The molecule has 1 aromatic heterocycles. The van der Waals surface area contributed by atoms with Gasteiger partial charge in [-0.25, -0.2) is 0 Å². The largest absolute Gasteiger partial charge is 0.316 e.